The zero-order valence-corrected chi connectivity index (χ0v) is 44.4. The third kappa shape index (κ3) is 18.4. The molecule has 0 saturated carbocycles. The maximum Gasteiger partial charge on any atom is 0.312 e. The van der Waals surface area contributed by atoms with Crippen LogP contribution in [0.1, 0.15) is 157 Å². The van der Waals surface area contributed by atoms with Crippen LogP contribution in [0.15, 0.2) is 72.8 Å². The molecule has 2 fully saturated rings. The standard InChI is InChI=1S/C56H90O8Si2/c1-9-10-11-12-13-14-15-16-17-18-19-29-36-52-53(64-66(56(3,4)5,47-32-25-21-26-33-47)48-34-27-22-28-35-48)40-39-51(63-52)50(58)38-37-45(57)30-23-20-24-31-46(61-41-42-65(6,7)8)43-49-54(59)44(2)62-55(49)60/h19,21-22,25-29,32-35,44-46,49-54,57-59H,9-18,20,23-24,30-31,36,39-43H2,1-8H3/b29-19-/t44-,45+,46+,49?,50+,51+,52+,53+,54?/m0/s1. The van der Waals surface area contributed by atoms with E-state index in [1.807, 2.05) is 0 Å². The summed E-state index contributed by atoms with van der Waals surface area (Å²) >= 11 is 0. The van der Waals surface area contributed by atoms with Crippen LogP contribution < -0.4 is 10.4 Å². The van der Waals surface area contributed by atoms with Gasteiger partial charge in [0.15, 0.2) is 0 Å². The Bertz CT molecular complexity index is 1690. The first kappa shape index (κ1) is 56.0. The molecule has 2 aromatic rings. The van der Waals surface area contributed by atoms with Crippen molar-refractivity contribution >= 4 is 32.7 Å². The summed E-state index contributed by atoms with van der Waals surface area (Å²) in [5, 5.41) is 35.2. The Hall–Kier alpha value is -2.60. The maximum absolute atomic E-state index is 12.5. The van der Waals surface area contributed by atoms with Crippen molar-refractivity contribution in [3.63, 3.8) is 0 Å². The molecule has 2 aliphatic rings. The van der Waals surface area contributed by atoms with Gasteiger partial charge in [0.25, 0.3) is 8.32 Å². The number of carbonyl (C=O) groups excluding carboxylic acids is 1. The van der Waals surface area contributed by atoms with Crippen LogP contribution in [0.3, 0.4) is 0 Å². The van der Waals surface area contributed by atoms with E-state index in [0.29, 0.717) is 32.3 Å². The molecule has 0 radical (unpaired) electrons. The van der Waals surface area contributed by atoms with E-state index in [2.05, 4.69) is 132 Å². The van der Waals surface area contributed by atoms with Gasteiger partial charge in [0.2, 0.25) is 0 Å². The average Bonchev–Trinajstić information content (AvgIpc) is 3.52. The van der Waals surface area contributed by atoms with Gasteiger partial charge in [-0.3, -0.25) is 4.79 Å². The van der Waals surface area contributed by atoms with Crippen LogP contribution in [0.4, 0.5) is 0 Å². The van der Waals surface area contributed by atoms with Crippen LogP contribution in [-0.2, 0) is 23.4 Å². The topological polar surface area (TPSA) is 115 Å². The van der Waals surface area contributed by atoms with Crippen LogP contribution in [0, 0.1) is 17.8 Å². The highest BCUT2D eigenvalue weighted by atomic mass is 28.4. The lowest BCUT2D eigenvalue weighted by molar-refractivity contribution is -0.144. The van der Waals surface area contributed by atoms with Gasteiger partial charge in [-0.15, -0.1) is 0 Å². The van der Waals surface area contributed by atoms with E-state index in [9.17, 15) is 20.1 Å². The van der Waals surface area contributed by atoms with Crippen molar-refractivity contribution in [2.45, 2.75) is 236 Å². The average molecular weight is 948 g/mol. The van der Waals surface area contributed by atoms with Crippen LogP contribution in [0.2, 0.25) is 30.7 Å². The minimum atomic E-state index is -2.86. The second kappa shape index (κ2) is 28.8. The summed E-state index contributed by atoms with van der Waals surface area (Å²) in [6, 6.07) is 22.6. The molecule has 4 rings (SSSR count). The number of carbonyl (C=O) groups is 1. The molecule has 370 valence electrons. The number of aliphatic hydroxyl groups is 3. The number of esters is 1. The van der Waals surface area contributed by atoms with E-state index in [0.717, 1.165) is 44.6 Å². The molecule has 2 aliphatic heterocycles. The van der Waals surface area contributed by atoms with Gasteiger partial charge in [-0.25, -0.2) is 0 Å². The fourth-order valence-corrected chi connectivity index (χ4v) is 15.1. The van der Waals surface area contributed by atoms with Crippen molar-refractivity contribution in [3.05, 3.63) is 72.8 Å². The number of rotatable bonds is 29. The van der Waals surface area contributed by atoms with Crippen molar-refractivity contribution < 1.29 is 38.8 Å². The number of hydrogen-bond acceptors (Lipinski definition) is 8. The molecule has 2 saturated heterocycles. The van der Waals surface area contributed by atoms with Crippen molar-refractivity contribution in [1.82, 2.24) is 0 Å². The molecule has 3 N–H and O–H groups in total. The Morgan fingerprint density at radius 3 is 1.97 bits per heavy atom. The third-order valence-electron chi connectivity index (χ3n) is 13.7. The summed E-state index contributed by atoms with van der Waals surface area (Å²) < 4.78 is 26.1. The van der Waals surface area contributed by atoms with Gasteiger partial charge in [0.05, 0.1) is 30.3 Å². The molecular formula is C56H90O8Si2. The van der Waals surface area contributed by atoms with Gasteiger partial charge in [0, 0.05) is 14.7 Å². The second-order valence-corrected chi connectivity index (χ2v) is 31.5. The quantitative estimate of drug-likeness (QED) is 0.0243. The SMILES string of the molecule is CCCCCCCCCCC/C=C\C[C@H]1O[C@@H]([C@H](O)C#C[C@H](O)CCCCC[C@H](CC2C(=O)O[C@@H](C)C2O)OCC[Si](C)(C)C)CC[C@H]1O[Si](c1ccccc1)(c1ccccc1)C(C)(C)C. The van der Waals surface area contributed by atoms with Gasteiger partial charge in [-0.05, 0) is 86.2 Å². The summed E-state index contributed by atoms with van der Waals surface area (Å²) in [6.45, 7) is 18.5. The summed E-state index contributed by atoms with van der Waals surface area (Å²) in [4.78, 5) is 12.5. The van der Waals surface area contributed by atoms with Crippen LogP contribution in [-0.4, -0.2) is 93.1 Å². The van der Waals surface area contributed by atoms with Gasteiger partial charge < -0.3 is 34.0 Å². The number of allylic oxidation sites excluding steroid dienone is 1. The Balaban J connectivity index is 1.37. The fourth-order valence-electron chi connectivity index (χ4n) is 9.67. The van der Waals surface area contributed by atoms with E-state index < -0.39 is 52.8 Å². The Kier molecular flexibility index (Phi) is 24.4. The highest BCUT2D eigenvalue weighted by Gasteiger charge is 2.53. The molecule has 66 heavy (non-hydrogen) atoms. The maximum atomic E-state index is 12.5. The normalized spacial score (nSPS) is 23.0. The molecule has 2 unspecified atom stereocenters. The predicted molar refractivity (Wildman–Crippen MR) is 276 cm³/mol. The van der Waals surface area contributed by atoms with Crippen molar-refractivity contribution in [2.24, 2.45) is 5.92 Å². The van der Waals surface area contributed by atoms with E-state index >= 15 is 0 Å². The molecule has 0 bridgehead atoms. The molecule has 0 amide bonds. The van der Waals surface area contributed by atoms with Crippen LogP contribution >= 0.6 is 0 Å². The molecular weight excluding hydrogens is 857 g/mol. The molecule has 0 aromatic heterocycles. The van der Waals surface area contributed by atoms with Crippen molar-refractivity contribution in [3.8, 4) is 11.8 Å². The molecule has 10 heteroatoms. The minimum absolute atomic E-state index is 0.137. The summed E-state index contributed by atoms with van der Waals surface area (Å²) in [5.41, 5.74) is 0. The fraction of sp³-hybridized carbons (Fsp3) is 0.696. The first-order valence-corrected chi connectivity index (χ1v) is 31.6. The number of ether oxygens (including phenoxy) is 3. The molecule has 0 spiro atoms. The smallest absolute Gasteiger partial charge is 0.312 e. The first-order valence-electron chi connectivity index (χ1n) is 26.0. The van der Waals surface area contributed by atoms with E-state index in [4.69, 9.17) is 18.6 Å². The monoisotopic (exact) mass is 947 g/mol. The second-order valence-electron chi connectivity index (χ2n) is 21.6. The van der Waals surface area contributed by atoms with Gasteiger partial charge in [-0.2, -0.15) is 0 Å². The molecule has 8 nitrogen and oxygen atoms in total. The minimum Gasteiger partial charge on any atom is -0.460 e. The van der Waals surface area contributed by atoms with E-state index in [1.165, 1.54) is 68.2 Å². The van der Waals surface area contributed by atoms with Crippen molar-refractivity contribution in [2.75, 3.05) is 6.61 Å². The van der Waals surface area contributed by atoms with Crippen LogP contribution in [0.25, 0.3) is 0 Å². The number of cyclic esters (lactones) is 1. The predicted octanol–water partition coefficient (Wildman–Crippen LogP) is 11.1. The Morgan fingerprint density at radius 2 is 1.39 bits per heavy atom. The lowest BCUT2D eigenvalue weighted by Crippen LogP contribution is -2.69. The van der Waals surface area contributed by atoms with E-state index in [-0.39, 0.29) is 29.3 Å². The van der Waals surface area contributed by atoms with E-state index in [1.54, 1.807) is 6.92 Å². The van der Waals surface area contributed by atoms with Gasteiger partial charge >= 0.3 is 5.97 Å². The number of unbranched alkanes of at least 4 members (excludes halogenated alkanes) is 11. The van der Waals surface area contributed by atoms with Crippen LogP contribution in [0.5, 0.6) is 0 Å². The molecule has 2 heterocycles. The number of benzene rings is 2. The zero-order chi connectivity index (χ0) is 48.0. The van der Waals surface area contributed by atoms with Gasteiger partial charge in [0.1, 0.15) is 24.4 Å². The summed E-state index contributed by atoms with van der Waals surface area (Å²) in [6.07, 6.45) is 19.4. The zero-order valence-electron chi connectivity index (χ0n) is 42.4. The molecule has 0 aliphatic carbocycles. The first-order chi connectivity index (χ1) is 31.6. The van der Waals surface area contributed by atoms with Gasteiger partial charge in [-0.1, -0.05) is 196 Å². The molecule has 9 atom stereocenters. The Labute approximate surface area is 403 Å². The lowest BCUT2D eigenvalue weighted by Gasteiger charge is -2.48. The highest BCUT2D eigenvalue weighted by molar-refractivity contribution is 6.99. The highest BCUT2D eigenvalue weighted by Crippen LogP contribution is 2.40. The number of aliphatic hydroxyl groups excluding tert-OH is 3. The lowest BCUT2D eigenvalue weighted by atomic mass is 9.93. The molecule has 2 aromatic carbocycles. The summed E-state index contributed by atoms with van der Waals surface area (Å²) in [7, 11) is -4.15. The third-order valence-corrected chi connectivity index (χ3v) is 20.5. The Morgan fingerprint density at radius 1 is 0.803 bits per heavy atom. The largest absolute Gasteiger partial charge is 0.460 e. The van der Waals surface area contributed by atoms with Crippen molar-refractivity contribution in [1.29, 1.82) is 0 Å². The number of hydrogen-bond donors (Lipinski definition) is 3. The summed E-state index contributed by atoms with van der Waals surface area (Å²) in [5.74, 6) is 5.01.